The molecule has 1 aliphatic rings. The molecule has 1 saturated heterocycles. The molecule has 0 aliphatic carbocycles. The summed E-state index contributed by atoms with van der Waals surface area (Å²) in [6, 6.07) is 3.70. The van der Waals surface area contributed by atoms with Gasteiger partial charge >= 0.3 is 0 Å². The Kier molecular flexibility index (Phi) is 3.36. The van der Waals surface area contributed by atoms with Gasteiger partial charge in [-0.1, -0.05) is 11.6 Å². The summed E-state index contributed by atoms with van der Waals surface area (Å²) in [4.78, 5) is 6.59. The number of hydrogen-bond donors (Lipinski definition) is 0. The zero-order valence-corrected chi connectivity index (χ0v) is 10.5. The second-order valence-electron chi connectivity index (χ2n) is 4.72. The van der Waals surface area contributed by atoms with Crippen LogP contribution in [0.2, 0.25) is 5.02 Å². The lowest BCUT2D eigenvalue weighted by Crippen LogP contribution is -2.38. The van der Waals surface area contributed by atoms with Crippen molar-refractivity contribution in [2.24, 2.45) is 0 Å². The summed E-state index contributed by atoms with van der Waals surface area (Å²) in [6.45, 7) is 6.84. The molecule has 1 aromatic rings. The average molecular weight is 241 g/mol. The summed E-state index contributed by atoms with van der Waals surface area (Å²) in [5, 5.41) is 0.730. The first-order chi connectivity index (χ1) is 7.57. The first kappa shape index (κ1) is 11.7. The normalized spacial score (nSPS) is 20.6. The Labute approximate surface area is 101 Å². The first-order valence-corrected chi connectivity index (χ1v) is 5.95. The van der Waals surface area contributed by atoms with Gasteiger partial charge in [0.25, 0.3) is 0 Å². The Morgan fingerprint density at radius 3 is 3.06 bits per heavy atom. The molecule has 1 aliphatic heterocycles. The second-order valence-corrected chi connectivity index (χ2v) is 5.15. The second kappa shape index (κ2) is 4.60. The molecule has 0 amide bonds. The minimum absolute atomic E-state index is 0.125. The van der Waals surface area contributed by atoms with Crippen molar-refractivity contribution >= 4 is 17.4 Å². The molecule has 1 fully saturated rings. The van der Waals surface area contributed by atoms with E-state index >= 15 is 0 Å². The van der Waals surface area contributed by atoms with Gasteiger partial charge in [-0.25, -0.2) is 4.98 Å². The molecule has 88 valence electrons. The van der Waals surface area contributed by atoms with Gasteiger partial charge in [0.05, 0.1) is 5.60 Å². The van der Waals surface area contributed by atoms with Crippen molar-refractivity contribution in [2.45, 2.75) is 25.9 Å². The molecule has 2 heterocycles. The van der Waals surface area contributed by atoms with Crippen LogP contribution in [0.3, 0.4) is 0 Å². The Balaban J connectivity index is 2.19. The minimum atomic E-state index is -0.125. The summed E-state index contributed by atoms with van der Waals surface area (Å²) in [5.74, 6) is 0.936. The average Bonchev–Trinajstić information content (AvgIpc) is 2.39. The monoisotopic (exact) mass is 240 g/mol. The molecule has 3 nitrogen and oxygen atoms in total. The van der Waals surface area contributed by atoms with E-state index in [0.717, 1.165) is 37.0 Å². The molecular formula is C12H17ClN2O. The van der Waals surface area contributed by atoms with Gasteiger partial charge in [-0.2, -0.15) is 0 Å². The summed E-state index contributed by atoms with van der Waals surface area (Å²) in [7, 11) is 0. The standard InChI is InChI=1S/C12H17ClN2O/c1-12(2)9-15(6-3-7-16-12)11-8-10(13)4-5-14-11/h4-5,8H,3,6-7,9H2,1-2H3. The molecule has 0 unspecified atom stereocenters. The fourth-order valence-corrected chi connectivity index (χ4v) is 2.10. The molecule has 4 heteroatoms. The van der Waals surface area contributed by atoms with Crippen molar-refractivity contribution in [1.29, 1.82) is 0 Å². The highest BCUT2D eigenvalue weighted by Gasteiger charge is 2.26. The smallest absolute Gasteiger partial charge is 0.130 e. The number of hydrogen-bond acceptors (Lipinski definition) is 3. The number of rotatable bonds is 1. The van der Waals surface area contributed by atoms with E-state index in [1.165, 1.54) is 0 Å². The topological polar surface area (TPSA) is 25.4 Å². The van der Waals surface area contributed by atoms with Crippen LogP contribution in [0.1, 0.15) is 20.3 Å². The third kappa shape index (κ3) is 2.86. The lowest BCUT2D eigenvalue weighted by Gasteiger charge is -2.29. The van der Waals surface area contributed by atoms with Gasteiger partial charge < -0.3 is 9.64 Å². The van der Waals surface area contributed by atoms with E-state index in [2.05, 4.69) is 23.7 Å². The predicted octanol–water partition coefficient (Wildman–Crippen LogP) is 2.74. The Morgan fingerprint density at radius 1 is 1.50 bits per heavy atom. The van der Waals surface area contributed by atoms with Crippen molar-refractivity contribution in [2.75, 3.05) is 24.6 Å². The number of pyridine rings is 1. The Bertz CT molecular complexity index is 368. The van der Waals surface area contributed by atoms with Crippen LogP contribution in [0.5, 0.6) is 0 Å². The minimum Gasteiger partial charge on any atom is -0.374 e. The van der Waals surface area contributed by atoms with E-state index < -0.39 is 0 Å². The summed E-state index contributed by atoms with van der Waals surface area (Å²) < 4.78 is 5.77. The molecule has 1 aromatic heterocycles. The largest absolute Gasteiger partial charge is 0.374 e. The van der Waals surface area contributed by atoms with Gasteiger partial charge in [0.2, 0.25) is 0 Å². The van der Waals surface area contributed by atoms with Gasteiger partial charge in [-0.3, -0.25) is 0 Å². The maximum Gasteiger partial charge on any atom is 0.130 e. The van der Waals surface area contributed by atoms with Crippen LogP contribution in [0.25, 0.3) is 0 Å². The lowest BCUT2D eigenvalue weighted by molar-refractivity contribution is -0.00148. The zero-order valence-electron chi connectivity index (χ0n) is 9.74. The van der Waals surface area contributed by atoms with Crippen molar-refractivity contribution < 1.29 is 4.74 Å². The highest BCUT2D eigenvalue weighted by Crippen LogP contribution is 2.22. The molecule has 16 heavy (non-hydrogen) atoms. The van der Waals surface area contributed by atoms with E-state index in [-0.39, 0.29) is 5.60 Å². The van der Waals surface area contributed by atoms with Crippen molar-refractivity contribution in [3.63, 3.8) is 0 Å². The van der Waals surface area contributed by atoms with E-state index in [9.17, 15) is 0 Å². The fourth-order valence-electron chi connectivity index (χ4n) is 1.95. The van der Waals surface area contributed by atoms with Crippen LogP contribution in [0.4, 0.5) is 5.82 Å². The van der Waals surface area contributed by atoms with Gasteiger partial charge in [-0.05, 0) is 32.4 Å². The number of nitrogens with zero attached hydrogens (tertiary/aromatic N) is 2. The molecule has 0 N–H and O–H groups in total. The van der Waals surface area contributed by atoms with Crippen LogP contribution < -0.4 is 4.90 Å². The molecule has 0 saturated carbocycles. The van der Waals surface area contributed by atoms with E-state index in [4.69, 9.17) is 16.3 Å². The van der Waals surface area contributed by atoms with Crippen LogP contribution in [0, 0.1) is 0 Å². The molecule has 0 atom stereocenters. The van der Waals surface area contributed by atoms with Crippen molar-refractivity contribution in [3.8, 4) is 0 Å². The molecule has 2 rings (SSSR count). The van der Waals surface area contributed by atoms with E-state index in [0.29, 0.717) is 0 Å². The first-order valence-electron chi connectivity index (χ1n) is 5.57. The van der Waals surface area contributed by atoms with Gasteiger partial charge in [0, 0.05) is 30.9 Å². The highest BCUT2D eigenvalue weighted by molar-refractivity contribution is 6.30. The van der Waals surface area contributed by atoms with Gasteiger partial charge in [0.15, 0.2) is 0 Å². The number of aromatic nitrogens is 1. The third-order valence-electron chi connectivity index (χ3n) is 2.67. The van der Waals surface area contributed by atoms with Crippen LogP contribution >= 0.6 is 11.6 Å². The fraction of sp³-hybridized carbons (Fsp3) is 0.583. The summed E-state index contributed by atoms with van der Waals surface area (Å²) in [5.41, 5.74) is -0.125. The Hall–Kier alpha value is -0.800. The molecular weight excluding hydrogens is 224 g/mol. The molecule has 0 radical (unpaired) electrons. The van der Waals surface area contributed by atoms with Crippen LogP contribution in [-0.4, -0.2) is 30.3 Å². The predicted molar refractivity (Wildman–Crippen MR) is 66.1 cm³/mol. The van der Waals surface area contributed by atoms with Crippen LogP contribution in [0.15, 0.2) is 18.3 Å². The van der Waals surface area contributed by atoms with E-state index in [1.807, 2.05) is 6.07 Å². The third-order valence-corrected chi connectivity index (χ3v) is 2.90. The van der Waals surface area contributed by atoms with E-state index in [1.54, 1.807) is 12.3 Å². The summed E-state index contributed by atoms with van der Waals surface area (Å²) in [6.07, 6.45) is 2.77. The lowest BCUT2D eigenvalue weighted by atomic mass is 10.1. The Morgan fingerprint density at radius 2 is 2.31 bits per heavy atom. The maximum atomic E-state index is 5.98. The quantitative estimate of drug-likeness (QED) is 0.755. The SMILES string of the molecule is CC1(C)CN(c2cc(Cl)ccn2)CCCO1. The van der Waals surface area contributed by atoms with Crippen molar-refractivity contribution in [3.05, 3.63) is 23.4 Å². The number of ether oxygens (including phenoxy) is 1. The number of anilines is 1. The summed E-state index contributed by atoms with van der Waals surface area (Å²) >= 11 is 5.98. The maximum absolute atomic E-state index is 5.98. The highest BCUT2D eigenvalue weighted by atomic mass is 35.5. The van der Waals surface area contributed by atoms with Crippen LogP contribution in [-0.2, 0) is 4.74 Å². The van der Waals surface area contributed by atoms with Crippen molar-refractivity contribution in [1.82, 2.24) is 4.98 Å². The zero-order chi connectivity index (χ0) is 11.6. The number of halogens is 1. The van der Waals surface area contributed by atoms with Gasteiger partial charge in [-0.15, -0.1) is 0 Å². The van der Waals surface area contributed by atoms with Gasteiger partial charge in [0.1, 0.15) is 5.82 Å². The molecule has 0 bridgehead atoms. The molecule has 0 spiro atoms. The molecule has 0 aromatic carbocycles.